The number of carbonyl (C=O) groups is 1. The molecule has 0 saturated carbocycles. The smallest absolute Gasteiger partial charge is 0.387 e. The first-order valence-electron chi connectivity index (χ1n) is 7.27. The van der Waals surface area contributed by atoms with Gasteiger partial charge in [0.1, 0.15) is 5.92 Å². The first-order chi connectivity index (χ1) is 11.8. The largest absolute Gasteiger partial charge is 0.432 e. The lowest BCUT2D eigenvalue weighted by molar-refractivity contribution is -0.123. The summed E-state index contributed by atoms with van der Waals surface area (Å²) < 4.78 is 40.1. The molecule has 2 atom stereocenters. The van der Waals surface area contributed by atoms with Crippen LogP contribution in [0.15, 0.2) is 59.7 Å². The minimum absolute atomic E-state index is 0.148. The van der Waals surface area contributed by atoms with E-state index in [1.165, 1.54) is 36.4 Å². The Kier molecular flexibility index (Phi) is 4.53. The normalized spacial score (nSPS) is 19.1. The molecule has 0 fully saturated rings. The van der Waals surface area contributed by atoms with E-state index in [4.69, 9.17) is 11.6 Å². The molecule has 1 aliphatic heterocycles. The molecule has 0 saturated heterocycles. The predicted molar refractivity (Wildman–Crippen MR) is 87.3 cm³/mol. The van der Waals surface area contributed by atoms with Crippen LogP contribution in [0.5, 0.6) is 0 Å². The SMILES string of the molecule is O=C1[C@@H]([C@H](O)c2ccc(Cl)cc2)C(C(F)(F)F)=NN1c1ccccc1. The first kappa shape index (κ1) is 17.4. The van der Waals surface area contributed by atoms with E-state index in [0.717, 1.165) is 0 Å². The van der Waals surface area contributed by atoms with Crippen LogP contribution in [-0.2, 0) is 4.79 Å². The van der Waals surface area contributed by atoms with Crippen LogP contribution in [0.4, 0.5) is 18.9 Å². The van der Waals surface area contributed by atoms with Crippen molar-refractivity contribution in [1.82, 2.24) is 0 Å². The highest BCUT2D eigenvalue weighted by Gasteiger charge is 2.53. The van der Waals surface area contributed by atoms with Gasteiger partial charge >= 0.3 is 6.18 Å². The lowest BCUT2D eigenvalue weighted by atomic mass is 9.91. The van der Waals surface area contributed by atoms with Gasteiger partial charge in [-0.2, -0.15) is 23.3 Å². The molecule has 0 bridgehead atoms. The second kappa shape index (κ2) is 6.50. The zero-order chi connectivity index (χ0) is 18.2. The number of amides is 1. The minimum atomic E-state index is -4.85. The van der Waals surface area contributed by atoms with E-state index in [9.17, 15) is 23.1 Å². The summed E-state index contributed by atoms with van der Waals surface area (Å²) >= 11 is 5.75. The molecule has 0 spiro atoms. The number of carbonyl (C=O) groups excluding carboxylic acids is 1. The molecule has 0 aliphatic carbocycles. The van der Waals surface area contributed by atoms with E-state index in [0.29, 0.717) is 10.0 Å². The number of nitrogens with zero attached hydrogens (tertiary/aromatic N) is 2. The van der Waals surface area contributed by atoms with E-state index >= 15 is 0 Å². The van der Waals surface area contributed by atoms with Crippen LogP contribution in [-0.4, -0.2) is 22.9 Å². The van der Waals surface area contributed by atoms with Gasteiger partial charge in [0.25, 0.3) is 5.91 Å². The minimum Gasteiger partial charge on any atom is -0.387 e. The van der Waals surface area contributed by atoms with Crippen LogP contribution < -0.4 is 5.01 Å². The molecule has 2 aromatic carbocycles. The number of halogens is 4. The topological polar surface area (TPSA) is 52.9 Å². The quantitative estimate of drug-likeness (QED) is 0.891. The summed E-state index contributed by atoms with van der Waals surface area (Å²) in [5.41, 5.74) is -0.988. The molecule has 0 aromatic heterocycles. The van der Waals surface area contributed by atoms with Crippen molar-refractivity contribution in [3.63, 3.8) is 0 Å². The Balaban J connectivity index is 2.01. The highest BCUT2D eigenvalue weighted by Crippen LogP contribution is 2.38. The summed E-state index contributed by atoms with van der Waals surface area (Å²) in [5, 5.41) is 14.9. The standard InChI is InChI=1S/C17H12ClF3N2O2/c18-11-8-6-10(7-9-11)14(24)13-15(17(19,20)21)22-23(16(13)25)12-4-2-1-3-5-12/h1-9,13-14,24H/t13-,14+/m0/s1. The van der Waals surface area contributed by atoms with Gasteiger partial charge in [-0.05, 0) is 29.8 Å². The van der Waals surface area contributed by atoms with Crippen molar-refractivity contribution in [2.75, 3.05) is 5.01 Å². The van der Waals surface area contributed by atoms with E-state index in [1.54, 1.807) is 18.2 Å². The summed E-state index contributed by atoms with van der Waals surface area (Å²) in [5.74, 6) is -2.79. The fourth-order valence-corrected chi connectivity index (χ4v) is 2.72. The monoisotopic (exact) mass is 368 g/mol. The number of hydrazone groups is 1. The summed E-state index contributed by atoms with van der Waals surface area (Å²) in [7, 11) is 0. The second-order valence-electron chi connectivity index (χ2n) is 5.44. The average molecular weight is 369 g/mol. The van der Waals surface area contributed by atoms with Gasteiger partial charge in [-0.25, -0.2) is 0 Å². The maximum absolute atomic E-state index is 13.4. The van der Waals surface area contributed by atoms with E-state index in [1.807, 2.05) is 0 Å². The number of alkyl halides is 3. The highest BCUT2D eigenvalue weighted by atomic mass is 35.5. The van der Waals surface area contributed by atoms with Crippen molar-refractivity contribution < 1.29 is 23.1 Å². The van der Waals surface area contributed by atoms with Gasteiger partial charge in [0, 0.05) is 5.02 Å². The molecule has 3 rings (SSSR count). The fraction of sp³-hybridized carbons (Fsp3) is 0.176. The third kappa shape index (κ3) is 3.38. The Bertz CT molecular complexity index is 807. The number of hydrogen-bond donors (Lipinski definition) is 1. The molecule has 25 heavy (non-hydrogen) atoms. The first-order valence-corrected chi connectivity index (χ1v) is 7.65. The van der Waals surface area contributed by atoms with Crippen molar-refractivity contribution in [3.05, 3.63) is 65.2 Å². The van der Waals surface area contributed by atoms with Crippen molar-refractivity contribution in [2.24, 2.45) is 11.0 Å². The maximum atomic E-state index is 13.4. The lowest BCUT2D eigenvalue weighted by Crippen LogP contribution is -2.37. The Morgan fingerprint density at radius 3 is 2.24 bits per heavy atom. The summed E-state index contributed by atoms with van der Waals surface area (Å²) in [4.78, 5) is 12.6. The number of aliphatic hydroxyl groups excluding tert-OH is 1. The van der Waals surface area contributed by atoms with Crippen LogP contribution in [0.3, 0.4) is 0 Å². The second-order valence-corrected chi connectivity index (χ2v) is 5.88. The molecular weight excluding hydrogens is 357 g/mol. The Morgan fingerprint density at radius 1 is 1.08 bits per heavy atom. The predicted octanol–water partition coefficient (Wildman–Crippen LogP) is 3.95. The third-order valence-corrected chi connectivity index (χ3v) is 4.05. The molecule has 8 heteroatoms. The van der Waals surface area contributed by atoms with Gasteiger partial charge in [-0.1, -0.05) is 41.9 Å². The fourth-order valence-electron chi connectivity index (χ4n) is 2.59. The van der Waals surface area contributed by atoms with Gasteiger partial charge in [0.15, 0.2) is 5.71 Å². The zero-order valence-electron chi connectivity index (χ0n) is 12.6. The summed E-state index contributed by atoms with van der Waals surface area (Å²) in [6.07, 6.45) is -6.55. The van der Waals surface area contributed by atoms with Crippen LogP contribution in [0.25, 0.3) is 0 Å². The lowest BCUT2D eigenvalue weighted by Gasteiger charge is -2.20. The number of anilines is 1. The van der Waals surface area contributed by atoms with Crippen molar-refractivity contribution in [1.29, 1.82) is 0 Å². The van der Waals surface area contributed by atoms with Crippen LogP contribution >= 0.6 is 11.6 Å². The molecule has 0 unspecified atom stereocenters. The average Bonchev–Trinajstić information content (AvgIpc) is 2.93. The van der Waals surface area contributed by atoms with Crippen LogP contribution in [0.1, 0.15) is 11.7 Å². The van der Waals surface area contributed by atoms with Gasteiger partial charge in [-0.15, -0.1) is 0 Å². The third-order valence-electron chi connectivity index (χ3n) is 3.80. The van der Waals surface area contributed by atoms with Crippen molar-refractivity contribution in [3.8, 4) is 0 Å². The number of hydrogen-bond acceptors (Lipinski definition) is 3. The van der Waals surface area contributed by atoms with Gasteiger partial charge in [0.2, 0.25) is 0 Å². The highest BCUT2D eigenvalue weighted by molar-refractivity contribution is 6.30. The Hall–Kier alpha value is -2.38. The number of rotatable bonds is 3. The molecule has 1 N–H and O–H groups in total. The molecule has 1 amide bonds. The molecule has 4 nitrogen and oxygen atoms in total. The van der Waals surface area contributed by atoms with Crippen LogP contribution in [0, 0.1) is 5.92 Å². The Morgan fingerprint density at radius 2 is 1.68 bits per heavy atom. The summed E-state index contributed by atoms with van der Waals surface area (Å²) in [6.45, 7) is 0. The molecule has 1 heterocycles. The number of aliphatic hydroxyl groups is 1. The number of para-hydroxylation sites is 1. The van der Waals surface area contributed by atoms with E-state index in [-0.39, 0.29) is 11.3 Å². The maximum Gasteiger partial charge on any atom is 0.432 e. The van der Waals surface area contributed by atoms with Gasteiger partial charge < -0.3 is 5.11 Å². The van der Waals surface area contributed by atoms with Crippen molar-refractivity contribution >= 4 is 28.9 Å². The molecule has 0 radical (unpaired) electrons. The summed E-state index contributed by atoms with van der Waals surface area (Å²) in [6, 6.07) is 13.4. The van der Waals surface area contributed by atoms with E-state index < -0.39 is 29.8 Å². The molecule has 2 aromatic rings. The van der Waals surface area contributed by atoms with Gasteiger partial charge in [0.05, 0.1) is 11.8 Å². The van der Waals surface area contributed by atoms with Crippen molar-refractivity contribution in [2.45, 2.75) is 12.3 Å². The Labute approximate surface area is 146 Å². The molecule has 1 aliphatic rings. The zero-order valence-corrected chi connectivity index (χ0v) is 13.4. The van der Waals surface area contributed by atoms with Gasteiger partial charge in [-0.3, -0.25) is 4.79 Å². The van der Waals surface area contributed by atoms with E-state index in [2.05, 4.69) is 5.10 Å². The van der Waals surface area contributed by atoms with Crippen LogP contribution in [0.2, 0.25) is 5.02 Å². The molecule has 130 valence electrons. The number of benzene rings is 2. The molecular formula is C17H12ClF3N2O2.